The van der Waals surface area contributed by atoms with Crippen molar-refractivity contribution >= 4 is 27.7 Å². The molecule has 0 saturated carbocycles. The van der Waals surface area contributed by atoms with Crippen LogP contribution in [0.5, 0.6) is 0 Å². The smallest absolute Gasteiger partial charge is 0.244 e. The molecule has 1 fully saturated rings. The van der Waals surface area contributed by atoms with Crippen molar-refractivity contribution in [2.24, 2.45) is 0 Å². The maximum absolute atomic E-state index is 12.8. The molecule has 1 aliphatic heterocycles. The summed E-state index contributed by atoms with van der Waals surface area (Å²) in [6, 6.07) is 13.1. The molecule has 0 bridgehead atoms. The van der Waals surface area contributed by atoms with Crippen LogP contribution < -0.4 is 5.32 Å². The molecule has 1 aromatic heterocycles. The van der Waals surface area contributed by atoms with E-state index in [9.17, 15) is 13.2 Å². The summed E-state index contributed by atoms with van der Waals surface area (Å²) in [4.78, 5) is 17.2. The second-order valence-electron chi connectivity index (χ2n) is 7.37. The second kappa shape index (κ2) is 11.1. The van der Waals surface area contributed by atoms with E-state index in [1.54, 1.807) is 12.1 Å². The first-order valence-corrected chi connectivity index (χ1v) is 12.8. The van der Waals surface area contributed by atoms with Crippen LogP contribution in [0.25, 0.3) is 0 Å². The number of carbonyl (C=O) groups excluding carboxylic acids is 1. The van der Waals surface area contributed by atoms with Gasteiger partial charge in [-0.1, -0.05) is 55.4 Å². The SMILES string of the molecule is CCC[C@@H](NC(=O)[C@@H](C)Sc1ccc(S(=O)(=O)N2CCOCC2)cn1)c1ccccc1. The van der Waals surface area contributed by atoms with Crippen molar-refractivity contribution in [1.29, 1.82) is 0 Å². The first-order valence-electron chi connectivity index (χ1n) is 10.5. The third-order valence-corrected chi connectivity index (χ3v) is 8.01. The molecule has 1 aliphatic rings. The fourth-order valence-corrected chi connectivity index (χ4v) is 5.50. The zero-order chi connectivity index (χ0) is 22.3. The van der Waals surface area contributed by atoms with Crippen LogP contribution in [0, 0.1) is 0 Å². The number of nitrogens with one attached hydrogen (secondary N) is 1. The first-order chi connectivity index (χ1) is 14.9. The van der Waals surface area contributed by atoms with E-state index >= 15 is 0 Å². The summed E-state index contributed by atoms with van der Waals surface area (Å²) in [7, 11) is -3.57. The van der Waals surface area contributed by atoms with Crippen LogP contribution in [-0.2, 0) is 19.6 Å². The lowest BCUT2D eigenvalue weighted by Crippen LogP contribution is -2.40. The Labute approximate surface area is 188 Å². The van der Waals surface area contributed by atoms with E-state index in [4.69, 9.17) is 4.74 Å². The van der Waals surface area contributed by atoms with Gasteiger partial charge in [0.25, 0.3) is 0 Å². The van der Waals surface area contributed by atoms with Crippen LogP contribution in [0.15, 0.2) is 58.6 Å². The van der Waals surface area contributed by atoms with E-state index < -0.39 is 10.0 Å². The number of rotatable bonds is 9. The van der Waals surface area contributed by atoms with Crippen LogP contribution in [0.4, 0.5) is 0 Å². The second-order valence-corrected chi connectivity index (χ2v) is 10.7. The standard InChI is InChI=1S/C22H29N3O4S2/c1-3-7-20(18-8-5-4-6-9-18)24-22(26)17(2)30-21-11-10-19(16-23-21)31(27,28)25-12-14-29-15-13-25/h4-6,8-11,16-17,20H,3,7,12-15H2,1-2H3,(H,24,26)/t17-,20-/m1/s1. The molecule has 168 valence electrons. The lowest BCUT2D eigenvalue weighted by Gasteiger charge is -2.25. The molecule has 3 rings (SSSR count). The number of benzene rings is 1. The Kier molecular flexibility index (Phi) is 8.48. The molecule has 2 heterocycles. The molecule has 1 amide bonds. The highest BCUT2D eigenvalue weighted by Gasteiger charge is 2.27. The van der Waals surface area contributed by atoms with Gasteiger partial charge < -0.3 is 10.1 Å². The number of amides is 1. The maximum Gasteiger partial charge on any atom is 0.244 e. The van der Waals surface area contributed by atoms with Gasteiger partial charge in [0.2, 0.25) is 15.9 Å². The van der Waals surface area contributed by atoms with Crippen molar-refractivity contribution in [3.63, 3.8) is 0 Å². The Morgan fingerprint density at radius 3 is 2.52 bits per heavy atom. The molecular weight excluding hydrogens is 434 g/mol. The number of thioether (sulfide) groups is 1. The summed E-state index contributed by atoms with van der Waals surface area (Å²) in [6.45, 7) is 5.40. The third kappa shape index (κ3) is 6.29. The summed E-state index contributed by atoms with van der Waals surface area (Å²) >= 11 is 1.31. The van der Waals surface area contributed by atoms with E-state index in [0.717, 1.165) is 18.4 Å². The van der Waals surface area contributed by atoms with Crippen molar-refractivity contribution in [3.05, 3.63) is 54.2 Å². The molecule has 1 N–H and O–H groups in total. The average Bonchev–Trinajstić information content (AvgIpc) is 2.80. The number of hydrogen-bond donors (Lipinski definition) is 1. The predicted octanol–water partition coefficient (Wildman–Crippen LogP) is 3.24. The van der Waals surface area contributed by atoms with Gasteiger partial charge in [-0.2, -0.15) is 4.31 Å². The highest BCUT2D eigenvalue weighted by molar-refractivity contribution is 8.00. The number of morpholine rings is 1. The number of carbonyl (C=O) groups is 1. The number of ether oxygens (including phenoxy) is 1. The normalized spacial score (nSPS) is 17.1. The average molecular weight is 464 g/mol. The summed E-state index contributed by atoms with van der Waals surface area (Å²) in [5.41, 5.74) is 1.09. The molecule has 31 heavy (non-hydrogen) atoms. The fourth-order valence-electron chi connectivity index (χ4n) is 3.34. The van der Waals surface area contributed by atoms with Crippen molar-refractivity contribution in [1.82, 2.24) is 14.6 Å². The van der Waals surface area contributed by atoms with Gasteiger partial charge in [0.05, 0.1) is 29.5 Å². The third-order valence-electron chi connectivity index (χ3n) is 5.08. The molecule has 0 unspecified atom stereocenters. The summed E-state index contributed by atoms with van der Waals surface area (Å²) in [6.07, 6.45) is 3.18. The summed E-state index contributed by atoms with van der Waals surface area (Å²) < 4.78 is 32.0. The molecule has 2 aromatic rings. The predicted molar refractivity (Wildman–Crippen MR) is 121 cm³/mol. The van der Waals surface area contributed by atoms with Gasteiger partial charge in [-0.15, -0.1) is 0 Å². The molecule has 2 atom stereocenters. The van der Waals surface area contributed by atoms with Crippen LogP contribution in [0.1, 0.15) is 38.3 Å². The van der Waals surface area contributed by atoms with Gasteiger partial charge >= 0.3 is 0 Å². The monoisotopic (exact) mass is 463 g/mol. The van der Waals surface area contributed by atoms with Crippen molar-refractivity contribution in [2.45, 2.75) is 47.9 Å². The van der Waals surface area contributed by atoms with Gasteiger partial charge in [0, 0.05) is 19.3 Å². The number of pyridine rings is 1. The van der Waals surface area contributed by atoms with E-state index in [1.807, 2.05) is 37.3 Å². The number of sulfonamides is 1. The largest absolute Gasteiger partial charge is 0.379 e. The van der Waals surface area contributed by atoms with E-state index in [-0.39, 0.29) is 22.1 Å². The Morgan fingerprint density at radius 2 is 1.90 bits per heavy atom. The lowest BCUT2D eigenvalue weighted by atomic mass is 10.0. The van der Waals surface area contributed by atoms with Crippen molar-refractivity contribution < 1.29 is 17.9 Å². The molecule has 0 radical (unpaired) electrons. The zero-order valence-electron chi connectivity index (χ0n) is 17.9. The van der Waals surface area contributed by atoms with Crippen LogP contribution >= 0.6 is 11.8 Å². The van der Waals surface area contributed by atoms with Gasteiger partial charge in [0.15, 0.2) is 0 Å². The van der Waals surface area contributed by atoms with Crippen LogP contribution in [0.2, 0.25) is 0 Å². The minimum Gasteiger partial charge on any atom is -0.379 e. The van der Waals surface area contributed by atoms with Gasteiger partial charge in [-0.25, -0.2) is 13.4 Å². The molecule has 9 heteroatoms. The number of aromatic nitrogens is 1. The molecule has 7 nitrogen and oxygen atoms in total. The number of nitrogens with zero attached hydrogens (tertiary/aromatic N) is 2. The zero-order valence-corrected chi connectivity index (χ0v) is 19.5. The molecular formula is C22H29N3O4S2. The van der Waals surface area contributed by atoms with Gasteiger partial charge in [-0.3, -0.25) is 4.79 Å². The van der Waals surface area contributed by atoms with Crippen molar-refractivity contribution in [2.75, 3.05) is 26.3 Å². The fraction of sp³-hybridized carbons (Fsp3) is 0.455. The Balaban J connectivity index is 1.62. The molecule has 0 spiro atoms. The Morgan fingerprint density at radius 1 is 1.19 bits per heavy atom. The minimum absolute atomic E-state index is 0.0317. The summed E-state index contributed by atoms with van der Waals surface area (Å²) in [5, 5.41) is 3.37. The maximum atomic E-state index is 12.8. The topological polar surface area (TPSA) is 88.6 Å². The van der Waals surface area contributed by atoms with Crippen molar-refractivity contribution in [3.8, 4) is 0 Å². The Hall–Kier alpha value is -1.94. The lowest BCUT2D eigenvalue weighted by molar-refractivity contribution is -0.121. The molecule has 1 aromatic carbocycles. The van der Waals surface area contributed by atoms with Gasteiger partial charge in [0.1, 0.15) is 4.90 Å². The van der Waals surface area contributed by atoms with E-state index in [0.29, 0.717) is 31.3 Å². The van der Waals surface area contributed by atoms with E-state index in [1.165, 1.54) is 22.3 Å². The highest BCUT2D eigenvalue weighted by atomic mass is 32.2. The molecule has 0 aliphatic carbocycles. The highest BCUT2D eigenvalue weighted by Crippen LogP contribution is 2.25. The first kappa shape index (κ1) is 23.7. The summed E-state index contributed by atoms with van der Waals surface area (Å²) in [5.74, 6) is -0.0703. The van der Waals surface area contributed by atoms with Gasteiger partial charge in [-0.05, 0) is 31.0 Å². The van der Waals surface area contributed by atoms with Crippen LogP contribution in [-0.4, -0.2) is 55.2 Å². The molecule has 1 saturated heterocycles. The Bertz CT molecular complexity index is 946. The number of hydrogen-bond acceptors (Lipinski definition) is 6. The quantitative estimate of drug-likeness (QED) is 0.575. The van der Waals surface area contributed by atoms with E-state index in [2.05, 4.69) is 17.2 Å². The van der Waals surface area contributed by atoms with Crippen LogP contribution in [0.3, 0.4) is 0 Å². The minimum atomic E-state index is -3.57.